The molecule has 0 radical (unpaired) electrons. The third-order valence-corrected chi connectivity index (χ3v) is 6.06. The van der Waals surface area contributed by atoms with Gasteiger partial charge < -0.3 is 9.30 Å². The molecule has 1 saturated carbocycles. The molecule has 0 atom stereocenters. The van der Waals surface area contributed by atoms with Gasteiger partial charge in [0.2, 0.25) is 10.0 Å². The Balaban J connectivity index is 1.54. The summed E-state index contributed by atoms with van der Waals surface area (Å²) in [6.45, 7) is 0.494. The predicted octanol–water partition coefficient (Wildman–Crippen LogP) is 3.62. The fraction of sp³-hybridized carbons (Fsp3) is 0.444. The molecule has 128 valence electrons. The molecule has 1 fully saturated rings. The van der Waals surface area contributed by atoms with E-state index in [4.69, 9.17) is 4.74 Å². The second-order valence-electron chi connectivity index (χ2n) is 6.59. The lowest BCUT2D eigenvalue weighted by Gasteiger charge is -2.23. The summed E-state index contributed by atoms with van der Waals surface area (Å²) in [7, 11) is -3.22. The van der Waals surface area contributed by atoms with E-state index in [1.807, 2.05) is 41.1 Å². The monoisotopic (exact) mass is 346 g/mol. The van der Waals surface area contributed by atoms with E-state index in [9.17, 15) is 8.42 Å². The van der Waals surface area contributed by atoms with Crippen LogP contribution >= 0.6 is 0 Å². The highest BCUT2D eigenvalue weighted by atomic mass is 32.2. The minimum Gasteiger partial charge on any atom is -0.490 e. The van der Waals surface area contributed by atoms with E-state index in [2.05, 4.69) is 4.72 Å². The normalized spacial score (nSPS) is 20.2. The molecule has 0 unspecified atom stereocenters. The van der Waals surface area contributed by atoms with E-state index in [1.54, 1.807) is 0 Å². The number of hydrogen-bond donors (Lipinski definition) is 1. The van der Waals surface area contributed by atoms with Gasteiger partial charge in [-0.05, 0) is 49.4 Å². The van der Waals surface area contributed by atoms with Gasteiger partial charge in [0.1, 0.15) is 11.6 Å². The van der Waals surface area contributed by atoms with Crippen LogP contribution in [0.2, 0.25) is 0 Å². The molecule has 0 amide bonds. The first-order valence-electron chi connectivity index (χ1n) is 8.57. The SMILES string of the molecule is O=S1(=O)CCn2ccc(-c3ccc(OC4CCCCC4)cc3)c2N1. The molecule has 0 bridgehead atoms. The van der Waals surface area contributed by atoms with Gasteiger partial charge in [-0.2, -0.15) is 0 Å². The molecule has 2 aromatic rings. The van der Waals surface area contributed by atoms with Gasteiger partial charge in [-0.3, -0.25) is 4.72 Å². The van der Waals surface area contributed by atoms with E-state index in [-0.39, 0.29) is 5.75 Å². The van der Waals surface area contributed by atoms with E-state index in [1.165, 1.54) is 19.3 Å². The third kappa shape index (κ3) is 3.15. The van der Waals surface area contributed by atoms with Gasteiger partial charge >= 0.3 is 0 Å². The number of aryl methyl sites for hydroxylation is 1. The first kappa shape index (κ1) is 15.6. The Morgan fingerprint density at radius 1 is 1.04 bits per heavy atom. The first-order chi connectivity index (χ1) is 11.6. The van der Waals surface area contributed by atoms with Crippen LogP contribution < -0.4 is 9.46 Å². The number of sulfonamides is 1. The molecule has 2 aliphatic rings. The highest BCUT2D eigenvalue weighted by molar-refractivity contribution is 7.92. The Morgan fingerprint density at radius 3 is 2.54 bits per heavy atom. The minimum absolute atomic E-state index is 0.127. The van der Waals surface area contributed by atoms with Crippen molar-refractivity contribution in [2.24, 2.45) is 0 Å². The van der Waals surface area contributed by atoms with Crippen molar-refractivity contribution < 1.29 is 13.2 Å². The summed E-state index contributed by atoms with van der Waals surface area (Å²) in [6, 6.07) is 9.91. The molecule has 6 heteroatoms. The Bertz CT molecular complexity index is 818. The van der Waals surface area contributed by atoms with Crippen molar-refractivity contribution in [2.75, 3.05) is 10.5 Å². The van der Waals surface area contributed by atoms with Crippen molar-refractivity contribution in [3.05, 3.63) is 36.5 Å². The quantitative estimate of drug-likeness (QED) is 0.923. The largest absolute Gasteiger partial charge is 0.490 e. The maximum absolute atomic E-state index is 11.8. The highest BCUT2D eigenvalue weighted by Crippen LogP contribution is 2.33. The van der Waals surface area contributed by atoms with Crippen LogP contribution in [0.15, 0.2) is 36.5 Å². The van der Waals surface area contributed by atoms with Crippen LogP contribution in [-0.4, -0.2) is 24.8 Å². The van der Waals surface area contributed by atoms with Crippen LogP contribution in [0.4, 0.5) is 5.82 Å². The number of benzene rings is 1. The lowest BCUT2D eigenvalue weighted by Crippen LogP contribution is -2.27. The lowest BCUT2D eigenvalue weighted by atomic mass is 9.98. The fourth-order valence-corrected chi connectivity index (χ4v) is 4.57. The highest BCUT2D eigenvalue weighted by Gasteiger charge is 2.23. The van der Waals surface area contributed by atoms with Gasteiger partial charge in [-0.1, -0.05) is 18.6 Å². The van der Waals surface area contributed by atoms with Crippen molar-refractivity contribution in [1.29, 1.82) is 0 Å². The molecule has 0 spiro atoms. The number of ether oxygens (including phenoxy) is 1. The van der Waals surface area contributed by atoms with Crippen LogP contribution in [0, 0.1) is 0 Å². The topological polar surface area (TPSA) is 60.3 Å². The average Bonchev–Trinajstić information content (AvgIpc) is 2.98. The summed E-state index contributed by atoms with van der Waals surface area (Å²) in [6.07, 6.45) is 8.35. The van der Waals surface area contributed by atoms with Gasteiger partial charge in [-0.25, -0.2) is 8.42 Å². The summed E-state index contributed by atoms with van der Waals surface area (Å²) in [5, 5.41) is 0. The molecular formula is C18H22N2O3S. The third-order valence-electron chi connectivity index (χ3n) is 4.84. The lowest BCUT2D eigenvalue weighted by molar-refractivity contribution is 0.155. The molecular weight excluding hydrogens is 324 g/mol. The minimum atomic E-state index is -3.22. The zero-order valence-electron chi connectivity index (χ0n) is 13.6. The van der Waals surface area contributed by atoms with Crippen molar-refractivity contribution in [3.63, 3.8) is 0 Å². The van der Waals surface area contributed by atoms with Crippen molar-refractivity contribution >= 4 is 15.8 Å². The number of nitrogens with one attached hydrogen (secondary N) is 1. The predicted molar refractivity (Wildman–Crippen MR) is 94.8 cm³/mol. The van der Waals surface area contributed by atoms with Gasteiger partial charge in [0.05, 0.1) is 11.9 Å². The van der Waals surface area contributed by atoms with E-state index in [0.717, 1.165) is 29.7 Å². The molecule has 24 heavy (non-hydrogen) atoms. The molecule has 1 N–H and O–H groups in total. The summed E-state index contributed by atoms with van der Waals surface area (Å²) < 4.78 is 34.3. The maximum atomic E-state index is 11.8. The standard InChI is InChI=1S/C18H22N2O3S/c21-24(22)13-12-20-11-10-17(18(20)19-24)14-6-8-16(9-7-14)23-15-4-2-1-3-5-15/h6-11,15,19H,1-5,12-13H2. The molecule has 1 aliphatic heterocycles. The molecule has 1 aromatic heterocycles. The molecule has 0 saturated heterocycles. The van der Waals surface area contributed by atoms with E-state index >= 15 is 0 Å². The molecule has 4 rings (SSSR count). The maximum Gasteiger partial charge on any atom is 0.235 e. The van der Waals surface area contributed by atoms with Crippen LogP contribution in [0.25, 0.3) is 11.1 Å². The van der Waals surface area contributed by atoms with Crippen molar-refractivity contribution in [1.82, 2.24) is 4.57 Å². The number of nitrogens with zero attached hydrogens (tertiary/aromatic N) is 1. The Hall–Kier alpha value is -1.95. The summed E-state index contributed by atoms with van der Waals surface area (Å²) in [4.78, 5) is 0. The van der Waals surface area contributed by atoms with Gasteiger partial charge in [0.15, 0.2) is 0 Å². The number of anilines is 1. The number of hydrogen-bond acceptors (Lipinski definition) is 3. The second kappa shape index (κ2) is 6.16. The summed E-state index contributed by atoms with van der Waals surface area (Å²) in [5.74, 6) is 1.67. The average molecular weight is 346 g/mol. The fourth-order valence-electron chi connectivity index (χ4n) is 3.51. The zero-order chi connectivity index (χ0) is 16.6. The summed E-state index contributed by atoms with van der Waals surface area (Å²) >= 11 is 0. The number of fused-ring (bicyclic) bond motifs is 1. The van der Waals surface area contributed by atoms with Gasteiger partial charge in [0, 0.05) is 18.3 Å². The second-order valence-corrected chi connectivity index (χ2v) is 8.44. The molecule has 1 aromatic carbocycles. The van der Waals surface area contributed by atoms with Gasteiger partial charge in [-0.15, -0.1) is 0 Å². The molecule has 5 nitrogen and oxygen atoms in total. The smallest absolute Gasteiger partial charge is 0.235 e. The number of aromatic nitrogens is 1. The van der Waals surface area contributed by atoms with Crippen molar-refractivity contribution in [2.45, 2.75) is 44.8 Å². The Morgan fingerprint density at radius 2 is 1.79 bits per heavy atom. The Kier molecular flexibility index (Phi) is 4.00. The molecule has 2 heterocycles. The van der Waals surface area contributed by atoms with E-state index in [0.29, 0.717) is 18.5 Å². The van der Waals surface area contributed by atoms with Crippen LogP contribution in [-0.2, 0) is 16.6 Å². The van der Waals surface area contributed by atoms with Gasteiger partial charge in [0.25, 0.3) is 0 Å². The zero-order valence-corrected chi connectivity index (χ0v) is 14.4. The summed E-state index contributed by atoms with van der Waals surface area (Å²) in [5.41, 5.74) is 1.90. The van der Waals surface area contributed by atoms with Crippen molar-refractivity contribution in [3.8, 4) is 16.9 Å². The van der Waals surface area contributed by atoms with Crippen LogP contribution in [0.5, 0.6) is 5.75 Å². The number of rotatable bonds is 3. The molecule has 1 aliphatic carbocycles. The first-order valence-corrected chi connectivity index (χ1v) is 10.2. The van der Waals surface area contributed by atoms with E-state index < -0.39 is 10.0 Å². The van der Waals surface area contributed by atoms with Crippen LogP contribution in [0.1, 0.15) is 32.1 Å². The Labute approximate surface area is 142 Å². The van der Waals surface area contributed by atoms with Crippen LogP contribution in [0.3, 0.4) is 0 Å².